The molecule has 0 aliphatic rings. The van der Waals surface area contributed by atoms with Gasteiger partial charge in [0, 0.05) is 0 Å². The molecule has 0 unspecified atom stereocenters. The van der Waals surface area contributed by atoms with Crippen molar-refractivity contribution < 1.29 is 0 Å². The molecular formula is C17H29N. The summed E-state index contributed by atoms with van der Waals surface area (Å²) in [5, 5.41) is 3.50. The Hall–Kier alpha value is -0.820. The first-order chi connectivity index (χ1) is 8.59. The maximum absolute atomic E-state index is 3.50. The quantitative estimate of drug-likeness (QED) is 0.677. The van der Waals surface area contributed by atoms with Crippen molar-refractivity contribution in [3.8, 4) is 0 Å². The summed E-state index contributed by atoms with van der Waals surface area (Å²) in [4.78, 5) is 0. The third-order valence-corrected chi connectivity index (χ3v) is 3.44. The molecule has 0 bridgehead atoms. The van der Waals surface area contributed by atoms with Crippen molar-refractivity contribution >= 4 is 0 Å². The Bertz CT molecular complexity index is 341. The lowest BCUT2D eigenvalue weighted by Crippen LogP contribution is -2.20. The van der Waals surface area contributed by atoms with Gasteiger partial charge in [-0.2, -0.15) is 0 Å². The predicted molar refractivity (Wildman–Crippen MR) is 81.2 cm³/mol. The van der Waals surface area contributed by atoms with Crippen molar-refractivity contribution in [3.05, 3.63) is 34.9 Å². The largest absolute Gasteiger partial charge is 0.316 e. The van der Waals surface area contributed by atoms with Crippen LogP contribution in [0.4, 0.5) is 0 Å². The second kappa shape index (κ2) is 8.31. The third kappa shape index (κ3) is 6.20. The molecule has 0 spiro atoms. The summed E-state index contributed by atoms with van der Waals surface area (Å²) in [5.74, 6) is 0.764. The molecule has 1 aromatic carbocycles. The third-order valence-electron chi connectivity index (χ3n) is 3.44. The predicted octanol–water partition coefficient (Wildman–Crippen LogP) is 4.26. The van der Waals surface area contributed by atoms with Gasteiger partial charge in [0.25, 0.3) is 0 Å². The Morgan fingerprint density at radius 1 is 1.00 bits per heavy atom. The number of unbranched alkanes of at least 4 members (excludes halogenated alkanes) is 2. The normalized spacial score (nSPS) is 11.2. The van der Waals surface area contributed by atoms with Crippen LogP contribution in [0.25, 0.3) is 0 Å². The van der Waals surface area contributed by atoms with Crippen LogP contribution in [0.15, 0.2) is 18.2 Å². The molecule has 0 aliphatic heterocycles. The fourth-order valence-electron chi connectivity index (χ4n) is 2.11. The molecule has 0 saturated heterocycles. The molecule has 1 aromatic rings. The van der Waals surface area contributed by atoms with Crippen molar-refractivity contribution in [2.75, 3.05) is 13.1 Å². The van der Waals surface area contributed by atoms with Crippen LogP contribution in [0.3, 0.4) is 0 Å². The van der Waals surface area contributed by atoms with E-state index in [1.54, 1.807) is 0 Å². The van der Waals surface area contributed by atoms with Crippen molar-refractivity contribution in [3.63, 3.8) is 0 Å². The summed E-state index contributed by atoms with van der Waals surface area (Å²) in [6.45, 7) is 11.2. The molecule has 0 heterocycles. The first-order valence-electron chi connectivity index (χ1n) is 7.36. The molecule has 1 N–H and O–H groups in total. The summed E-state index contributed by atoms with van der Waals surface area (Å²) < 4.78 is 0. The van der Waals surface area contributed by atoms with Gasteiger partial charge in [-0.25, -0.2) is 0 Å². The number of hydrogen-bond acceptors (Lipinski definition) is 1. The van der Waals surface area contributed by atoms with Gasteiger partial charge in [0.2, 0.25) is 0 Å². The maximum Gasteiger partial charge on any atom is -0.00258 e. The zero-order chi connectivity index (χ0) is 13.4. The Balaban J connectivity index is 2.09. The lowest BCUT2D eigenvalue weighted by Gasteiger charge is -2.07. The second-order valence-corrected chi connectivity index (χ2v) is 5.83. The Morgan fingerprint density at radius 3 is 2.44 bits per heavy atom. The van der Waals surface area contributed by atoms with Crippen LogP contribution in [0.5, 0.6) is 0 Å². The van der Waals surface area contributed by atoms with Gasteiger partial charge in [-0.15, -0.1) is 0 Å². The van der Waals surface area contributed by atoms with E-state index in [-0.39, 0.29) is 0 Å². The first kappa shape index (κ1) is 15.2. The lowest BCUT2D eigenvalue weighted by atomic mass is 10.0. The minimum absolute atomic E-state index is 0.764. The Labute approximate surface area is 113 Å². The molecule has 0 aliphatic carbocycles. The fourth-order valence-corrected chi connectivity index (χ4v) is 2.11. The van der Waals surface area contributed by atoms with Crippen LogP contribution in [0, 0.1) is 19.8 Å². The molecule has 0 aromatic heterocycles. The van der Waals surface area contributed by atoms with Crippen LogP contribution in [0.1, 0.15) is 49.8 Å². The minimum Gasteiger partial charge on any atom is -0.316 e. The van der Waals surface area contributed by atoms with E-state index in [0.717, 1.165) is 12.5 Å². The standard InChI is InChI=1S/C17H29N/c1-14(2)13-18-11-7-5-6-8-17-10-9-15(3)16(4)12-17/h9-10,12,14,18H,5-8,11,13H2,1-4H3. The summed E-state index contributed by atoms with van der Waals surface area (Å²) in [7, 11) is 0. The fraction of sp³-hybridized carbons (Fsp3) is 0.647. The van der Waals surface area contributed by atoms with E-state index in [4.69, 9.17) is 0 Å². The highest BCUT2D eigenvalue weighted by atomic mass is 14.8. The highest BCUT2D eigenvalue weighted by Crippen LogP contribution is 2.12. The van der Waals surface area contributed by atoms with Crippen LogP contribution in [-0.4, -0.2) is 13.1 Å². The number of benzene rings is 1. The van der Waals surface area contributed by atoms with E-state index in [1.807, 2.05) is 0 Å². The average molecular weight is 247 g/mol. The molecule has 0 atom stereocenters. The van der Waals surface area contributed by atoms with Gasteiger partial charge in [-0.05, 0) is 68.8 Å². The summed E-state index contributed by atoms with van der Waals surface area (Å²) in [5.41, 5.74) is 4.32. The van der Waals surface area contributed by atoms with Crippen LogP contribution >= 0.6 is 0 Å². The van der Waals surface area contributed by atoms with Crippen LogP contribution in [0.2, 0.25) is 0 Å². The van der Waals surface area contributed by atoms with Gasteiger partial charge >= 0.3 is 0 Å². The van der Waals surface area contributed by atoms with Gasteiger partial charge < -0.3 is 5.32 Å². The Kier molecular flexibility index (Phi) is 7.04. The number of nitrogens with one attached hydrogen (secondary N) is 1. The zero-order valence-corrected chi connectivity index (χ0v) is 12.6. The molecular weight excluding hydrogens is 218 g/mol. The van der Waals surface area contributed by atoms with Crippen LogP contribution in [-0.2, 0) is 6.42 Å². The van der Waals surface area contributed by atoms with Crippen LogP contribution < -0.4 is 5.32 Å². The average Bonchev–Trinajstić information content (AvgIpc) is 2.32. The molecule has 1 rings (SSSR count). The summed E-state index contributed by atoms with van der Waals surface area (Å²) >= 11 is 0. The smallest absolute Gasteiger partial charge is 0.00258 e. The molecule has 0 amide bonds. The Morgan fingerprint density at radius 2 is 1.78 bits per heavy atom. The second-order valence-electron chi connectivity index (χ2n) is 5.83. The molecule has 102 valence electrons. The molecule has 0 saturated carbocycles. The van der Waals surface area contributed by atoms with Gasteiger partial charge in [-0.1, -0.05) is 38.5 Å². The summed E-state index contributed by atoms with van der Waals surface area (Å²) in [6.07, 6.45) is 5.17. The molecule has 1 heteroatoms. The van der Waals surface area contributed by atoms with Crippen molar-refractivity contribution in [1.82, 2.24) is 5.32 Å². The highest BCUT2D eigenvalue weighted by molar-refractivity contribution is 5.29. The SMILES string of the molecule is Cc1ccc(CCCCCNCC(C)C)cc1C. The van der Waals surface area contributed by atoms with E-state index in [0.29, 0.717) is 0 Å². The van der Waals surface area contributed by atoms with E-state index >= 15 is 0 Å². The van der Waals surface area contributed by atoms with E-state index < -0.39 is 0 Å². The molecule has 18 heavy (non-hydrogen) atoms. The van der Waals surface area contributed by atoms with Gasteiger partial charge in [0.15, 0.2) is 0 Å². The zero-order valence-electron chi connectivity index (χ0n) is 12.6. The first-order valence-corrected chi connectivity index (χ1v) is 7.36. The number of aryl methyl sites for hydroxylation is 3. The minimum atomic E-state index is 0.764. The van der Waals surface area contributed by atoms with Crippen molar-refractivity contribution in [1.29, 1.82) is 0 Å². The van der Waals surface area contributed by atoms with Crippen molar-refractivity contribution in [2.24, 2.45) is 5.92 Å². The molecule has 0 fully saturated rings. The number of rotatable bonds is 8. The monoisotopic (exact) mass is 247 g/mol. The maximum atomic E-state index is 3.50. The van der Waals surface area contributed by atoms with Crippen molar-refractivity contribution in [2.45, 2.75) is 53.4 Å². The lowest BCUT2D eigenvalue weighted by molar-refractivity contribution is 0.530. The highest BCUT2D eigenvalue weighted by Gasteiger charge is 1.97. The summed E-state index contributed by atoms with van der Waals surface area (Å²) in [6, 6.07) is 6.86. The van der Waals surface area contributed by atoms with E-state index in [1.165, 1.54) is 48.9 Å². The van der Waals surface area contributed by atoms with E-state index in [2.05, 4.69) is 51.2 Å². The topological polar surface area (TPSA) is 12.0 Å². The molecule has 0 radical (unpaired) electrons. The molecule has 1 nitrogen and oxygen atoms in total. The van der Waals surface area contributed by atoms with Gasteiger partial charge in [0.1, 0.15) is 0 Å². The van der Waals surface area contributed by atoms with E-state index in [9.17, 15) is 0 Å². The number of hydrogen-bond donors (Lipinski definition) is 1. The van der Waals surface area contributed by atoms with Gasteiger partial charge in [-0.3, -0.25) is 0 Å². The van der Waals surface area contributed by atoms with Gasteiger partial charge in [0.05, 0.1) is 0 Å².